The zero-order valence-electron chi connectivity index (χ0n) is 17.3. The van der Waals surface area contributed by atoms with Crippen LogP contribution in [0.15, 0.2) is 30.7 Å². The smallest absolute Gasteiger partial charge is 0.254 e. The highest BCUT2D eigenvalue weighted by Crippen LogP contribution is 2.29. The third kappa shape index (κ3) is 5.63. The van der Waals surface area contributed by atoms with Crippen LogP contribution in [0.1, 0.15) is 65.5 Å². The topological polar surface area (TPSA) is 88.1 Å². The molecule has 1 aliphatic heterocycles. The number of hydrogen-bond acceptors (Lipinski definition) is 5. The molecule has 0 saturated carbocycles. The highest BCUT2D eigenvalue weighted by Gasteiger charge is 2.28. The number of piperidine rings is 1. The third-order valence-corrected chi connectivity index (χ3v) is 5.31. The van der Waals surface area contributed by atoms with Crippen LogP contribution in [0.4, 0.5) is 0 Å². The number of nitrogens with zero attached hydrogens (tertiary/aromatic N) is 4. The number of carbonyl (C=O) groups is 2. The predicted octanol–water partition coefficient (Wildman–Crippen LogP) is 2.62. The maximum absolute atomic E-state index is 12.8. The first-order valence-corrected chi connectivity index (χ1v) is 10.3. The summed E-state index contributed by atoms with van der Waals surface area (Å²) in [6.45, 7) is 3.55. The lowest BCUT2D eigenvalue weighted by Crippen LogP contribution is -2.38. The molecule has 3 rings (SSSR count). The number of unbranched alkanes of at least 4 members (excludes halogenated alkanes) is 1. The maximum atomic E-state index is 12.8. The van der Waals surface area contributed by atoms with E-state index >= 15 is 0 Å². The normalized spacial score (nSPS) is 14.2. The summed E-state index contributed by atoms with van der Waals surface area (Å²) in [5.41, 5.74) is 2.20. The lowest BCUT2D eigenvalue weighted by atomic mass is 9.90. The second kappa shape index (κ2) is 10.5. The van der Waals surface area contributed by atoms with Crippen LogP contribution in [0.2, 0.25) is 0 Å². The van der Waals surface area contributed by atoms with Gasteiger partial charge in [0.1, 0.15) is 5.82 Å². The monoisotopic (exact) mass is 405 g/mol. The van der Waals surface area contributed by atoms with Crippen molar-refractivity contribution >= 4 is 11.8 Å². The quantitative estimate of drug-likeness (QED) is 0.565. The number of rotatable bonds is 7. The molecule has 0 bridgehead atoms. The summed E-state index contributed by atoms with van der Waals surface area (Å²) >= 11 is 0. The number of terminal acetylenes is 1. The van der Waals surface area contributed by atoms with Gasteiger partial charge in [0.15, 0.2) is 0 Å². The Morgan fingerprint density at radius 1 is 1.30 bits per heavy atom. The fourth-order valence-electron chi connectivity index (χ4n) is 3.66. The summed E-state index contributed by atoms with van der Waals surface area (Å²) in [7, 11) is 0. The molecule has 0 radical (unpaired) electrons. The molecular formula is C23H27N5O2. The average Bonchev–Trinajstić information content (AvgIpc) is 2.78. The SMILES string of the molecule is C#CCCCC(=O)N1CCC(c2nc(C)ncc2C(=O)NCc2cccnc2)CC1. The fraction of sp³-hybridized carbons (Fsp3) is 0.435. The lowest BCUT2D eigenvalue weighted by Gasteiger charge is -2.32. The number of carbonyl (C=O) groups excluding carboxylic acids is 2. The van der Waals surface area contributed by atoms with E-state index in [9.17, 15) is 9.59 Å². The van der Waals surface area contributed by atoms with Crippen molar-refractivity contribution in [1.29, 1.82) is 0 Å². The van der Waals surface area contributed by atoms with Crippen molar-refractivity contribution in [2.45, 2.75) is 51.5 Å². The van der Waals surface area contributed by atoms with E-state index in [2.05, 4.69) is 26.2 Å². The van der Waals surface area contributed by atoms with Crippen LogP contribution < -0.4 is 5.32 Å². The molecular weight excluding hydrogens is 378 g/mol. The molecule has 0 aliphatic carbocycles. The van der Waals surface area contributed by atoms with Crippen molar-refractivity contribution < 1.29 is 9.59 Å². The van der Waals surface area contributed by atoms with Gasteiger partial charge in [0.05, 0.1) is 11.3 Å². The molecule has 2 aromatic rings. The van der Waals surface area contributed by atoms with Crippen LogP contribution in [-0.4, -0.2) is 44.8 Å². The molecule has 2 aromatic heterocycles. The van der Waals surface area contributed by atoms with Gasteiger partial charge in [-0.3, -0.25) is 14.6 Å². The molecule has 1 fully saturated rings. The molecule has 156 valence electrons. The van der Waals surface area contributed by atoms with Gasteiger partial charge >= 0.3 is 0 Å². The Kier molecular flexibility index (Phi) is 7.50. The third-order valence-electron chi connectivity index (χ3n) is 5.31. The summed E-state index contributed by atoms with van der Waals surface area (Å²) in [5, 5.41) is 2.93. The molecule has 1 N–H and O–H groups in total. The number of aryl methyl sites for hydroxylation is 1. The lowest BCUT2D eigenvalue weighted by molar-refractivity contribution is -0.132. The minimum Gasteiger partial charge on any atom is -0.348 e. The second-order valence-electron chi connectivity index (χ2n) is 7.47. The Balaban J connectivity index is 1.63. The Hall–Kier alpha value is -3.27. The largest absolute Gasteiger partial charge is 0.348 e. The summed E-state index contributed by atoms with van der Waals surface area (Å²) in [4.78, 5) is 39.9. The number of nitrogens with one attached hydrogen (secondary N) is 1. The van der Waals surface area contributed by atoms with Gasteiger partial charge in [0.2, 0.25) is 5.91 Å². The molecule has 0 atom stereocenters. The van der Waals surface area contributed by atoms with Crippen molar-refractivity contribution in [2.75, 3.05) is 13.1 Å². The van der Waals surface area contributed by atoms with Crippen LogP contribution in [-0.2, 0) is 11.3 Å². The van der Waals surface area contributed by atoms with Crippen LogP contribution in [0.5, 0.6) is 0 Å². The van der Waals surface area contributed by atoms with Gasteiger partial charge in [-0.25, -0.2) is 9.97 Å². The van der Waals surface area contributed by atoms with E-state index in [1.54, 1.807) is 18.6 Å². The van der Waals surface area contributed by atoms with Crippen molar-refractivity contribution in [3.63, 3.8) is 0 Å². The number of aromatic nitrogens is 3. The van der Waals surface area contributed by atoms with Crippen LogP contribution in [0, 0.1) is 19.3 Å². The molecule has 0 aromatic carbocycles. The number of amides is 2. The Labute approximate surface area is 177 Å². The van der Waals surface area contributed by atoms with Gasteiger partial charge in [-0.15, -0.1) is 12.3 Å². The van der Waals surface area contributed by atoms with Gasteiger partial charge in [-0.2, -0.15) is 0 Å². The molecule has 30 heavy (non-hydrogen) atoms. The number of likely N-dealkylation sites (tertiary alicyclic amines) is 1. The summed E-state index contributed by atoms with van der Waals surface area (Å²) in [6, 6.07) is 3.75. The standard InChI is InChI=1S/C23H27N5O2/c1-3-4-5-8-21(29)28-12-9-19(10-13-28)22-20(16-25-17(2)27-22)23(30)26-15-18-7-6-11-24-14-18/h1,6-7,11,14,16,19H,4-5,8-10,12-13,15H2,2H3,(H,26,30). The first-order valence-electron chi connectivity index (χ1n) is 10.3. The second-order valence-corrected chi connectivity index (χ2v) is 7.47. The molecule has 1 aliphatic rings. The Morgan fingerprint density at radius 3 is 2.80 bits per heavy atom. The summed E-state index contributed by atoms with van der Waals surface area (Å²) in [6.07, 6.45) is 13.7. The van der Waals surface area contributed by atoms with Crippen molar-refractivity contribution in [2.24, 2.45) is 0 Å². The number of hydrogen-bond donors (Lipinski definition) is 1. The fourth-order valence-corrected chi connectivity index (χ4v) is 3.66. The molecule has 1 saturated heterocycles. The molecule has 7 nitrogen and oxygen atoms in total. The Bertz CT molecular complexity index is 915. The molecule has 0 unspecified atom stereocenters. The van der Waals surface area contributed by atoms with E-state index in [1.807, 2.05) is 24.0 Å². The van der Waals surface area contributed by atoms with E-state index in [4.69, 9.17) is 6.42 Å². The summed E-state index contributed by atoms with van der Waals surface area (Å²) in [5.74, 6) is 3.29. The first-order chi connectivity index (χ1) is 14.6. The van der Waals surface area contributed by atoms with Crippen molar-refractivity contribution in [3.8, 4) is 12.3 Å². The highest BCUT2D eigenvalue weighted by atomic mass is 16.2. The Morgan fingerprint density at radius 2 is 2.10 bits per heavy atom. The number of pyridine rings is 1. The molecule has 3 heterocycles. The highest BCUT2D eigenvalue weighted by molar-refractivity contribution is 5.95. The maximum Gasteiger partial charge on any atom is 0.254 e. The van der Waals surface area contributed by atoms with Gasteiger partial charge in [0, 0.05) is 57.0 Å². The van der Waals surface area contributed by atoms with Crippen LogP contribution in [0.25, 0.3) is 0 Å². The molecule has 0 spiro atoms. The van der Waals surface area contributed by atoms with Crippen molar-refractivity contribution in [1.82, 2.24) is 25.2 Å². The molecule has 2 amide bonds. The van der Waals surface area contributed by atoms with Crippen molar-refractivity contribution in [3.05, 3.63) is 53.4 Å². The van der Waals surface area contributed by atoms with Gasteiger partial charge in [-0.1, -0.05) is 6.07 Å². The van der Waals surface area contributed by atoms with Gasteiger partial charge in [-0.05, 0) is 37.8 Å². The molecule has 7 heteroatoms. The van der Waals surface area contributed by atoms with E-state index in [1.165, 1.54) is 0 Å². The van der Waals surface area contributed by atoms with E-state index in [0.29, 0.717) is 43.9 Å². The average molecular weight is 406 g/mol. The minimum atomic E-state index is -0.193. The summed E-state index contributed by atoms with van der Waals surface area (Å²) < 4.78 is 0. The van der Waals surface area contributed by atoms with E-state index < -0.39 is 0 Å². The zero-order valence-corrected chi connectivity index (χ0v) is 17.3. The van der Waals surface area contributed by atoms with Crippen LogP contribution in [0.3, 0.4) is 0 Å². The predicted molar refractivity (Wildman–Crippen MR) is 113 cm³/mol. The van der Waals surface area contributed by atoms with Crippen LogP contribution >= 0.6 is 0 Å². The van der Waals surface area contributed by atoms with Gasteiger partial charge in [0.25, 0.3) is 5.91 Å². The van der Waals surface area contributed by atoms with E-state index in [-0.39, 0.29) is 17.7 Å². The van der Waals surface area contributed by atoms with Gasteiger partial charge < -0.3 is 10.2 Å². The minimum absolute atomic E-state index is 0.126. The van der Waals surface area contributed by atoms with E-state index in [0.717, 1.165) is 30.5 Å². The first kappa shape index (κ1) is 21.4. The zero-order chi connectivity index (χ0) is 21.3.